The highest BCUT2D eigenvalue weighted by molar-refractivity contribution is 7.95. The first-order valence-corrected chi connectivity index (χ1v) is 3.59. The first-order valence-electron chi connectivity index (χ1n) is 2.85. The molecule has 0 spiro atoms. The third-order valence-corrected chi connectivity index (χ3v) is 2.00. The second kappa shape index (κ2) is 2.02. The Morgan fingerprint density at radius 2 is 1.90 bits per heavy atom. The van der Waals surface area contributed by atoms with E-state index in [2.05, 4.69) is 0 Å². The largest absolute Gasteiger partial charge is 0.382 e. The van der Waals surface area contributed by atoms with Gasteiger partial charge in [-0.05, 0) is 24.3 Å². The molecule has 2 heterocycles. The van der Waals surface area contributed by atoms with Gasteiger partial charge < -0.3 is 4.18 Å². The molecule has 0 aromatic heterocycles. The maximum absolute atomic E-state index is 10.9. The molecular formula is C7H4O2S. The molecule has 0 fully saturated rings. The van der Waals surface area contributed by atoms with Crippen molar-refractivity contribution in [3.63, 3.8) is 0 Å². The van der Waals surface area contributed by atoms with Crippen LogP contribution in [0.2, 0.25) is 0 Å². The molecular weight excluding hydrogens is 148 g/mol. The smallest absolute Gasteiger partial charge is 0.350 e. The lowest BCUT2D eigenvalue weighted by atomic mass is 10.2. The first-order chi connectivity index (χ1) is 4.86. The van der Waals surface area contributed by atoms with Crippen LogP contribution in [0.25, 0.3) is 0 Å². The van der Waals surface area contributed by atoms with Crippen molar-refractivity contribution in [2.75, 3.05) is 0 Å². The Kier molecular flexibility index (Phi) is 1.17. The molecule has 0 radical (unpaired) electrons. The summed E-state index contributed by atoms with van der Waals surface area (Å²) < 4.78 is 4.77. The maximum atomic E-state index is 10.9. The molecule has 0 saturated heterocycles. The Bertz CT molecular complexity index is 265. The highest BCUT2D eigenvalue weighted by Crippen LogP contribution is 2.25. The SMILES string of the molecule is O=C1OSc2ccc1cc2. The van der Waals surface area contributed by atoms with Crippen LogP contribution in [0, 0.1) is 0 Å². The molecule has 10 heavy (non-hydrogen) atoms. The molecule has 0 atom stereocenters. The van der Waals surface area contributed by atoms with Gasteiger partial charge in [-0.25, -0.2) is 4.79 Å². The molecule has 2 nitrogen and oxygen atoms in total. The zero-order chi connectivity index (χ0) is 6.97. The second-order valence-corrected chi connectivity index (χ2v) is 2.78. The summed E-state index contributed by atoms with van der Waals surface area (Å²) in [5, 5.41) is 0. The molecule has 0 unspecified atom stereocenters. The molecule has 2 bridgehead atoms. The van der Waals surface area contributed by atoms with E-state index in [1.54, 1.807) is 12.1 Å². The number of rotatable bonds is 0. The van der Waals surface area contributed by atoms with Crippen molar-refractivity contribution in [1.82, 2.24) is 0 Å². The molecule has 0 saturated carbocycles. The Morgan fingerprint density at radius 1 is 1.20 bits per heavy atom. The van der Waals surface area contributed by atoms with Crippen LogP contribution in [0.15, 0.2) is 29.2 Å². The van der Waals surface area contributed by atoms with Gasteiger partial charge in [0.1, 0.15) is 0 Å². The molecule has 1 aromatic carbocycles. The predicted molar refractivity (Wildman–Crippen MR) is 37.7 cm³/mol. The van der Waals surface area contributed by atoms with Crippen LogP contribution in [0.1, 0.15) is 10.4 Å². The van der Waals surface area contributed by atoms with Crippen LogP contribution in [0.4, 0.5) is 0 Å². The van der Waals surface area contributed by atoms with E-state index in [4.69, 9.17) is 4.18 Å². The molecule has 1 aromatic rings. The Balaban J connectivity index is 2.59. The monoisotopic (exact) mass is 152 g/mol. The molecule has 2 aliphatic heterocycles. The van der Waals surface area contributed by atoms with Crippen LogP contribution < -0.4 is 0 Å². The topological polar surface area (TPSA) is 26.3 Å². The van der Waals surface area contributed by atoms with Gasteiger partial charge in [-0.3, -0.25) is 0 Å². The predicted octanol–water partition coefficient (Wildman–Crippen LogP) is 1.86. The van der Waals surface area contributed by atoms with E-state index < -0.39 is 0 Å². The summed E-state index contributed by atoms with van der Waals surface area (Å²) in [5.74, 6) is -0.259. The first kappa shape index (κ1) is 5.80. The summed E-state index contributed by atoms with van der Waals surface area (Å²) in [6, 6.07) is 7.26. The lowest BCUT2D eigenvalue weighted by molar-refractivity contribution is 0.0770. The number of carbonyl (C=O) groups excluding carboxylic acids is 1. The van der Waals surface area contributed by atoms with E-state index >= 15 is 0 Å². The zero-order valence-electron chi connectivity index (χ0n) is 5.03. The van der Waals surface area contributed by atoms with Crippen molar-refractivity contribution in [3.05, 3.63) is 29.8 Å². The maximum Gasteiger partial charge on any atom is 0.350 e. The number of carbonyl (C=O) groups is 1. The molecule has 0 N–H and O–H groups in total. The summed E-state index contributed by atoms with van der Waals surface area (Å²) >= 11 is 1.11. The van der Waals surface area contributed by atoms with Gasteiger partial charge in [0, 0.05) is 4.90 Å². The molecule has 3 heteroatoms. The van der Waals surface area contributed by atoms with E-state index in [0.29, 0.717) is 5.56 Å². The molecule has 3 rings (SSSR count). The number of fused-ring (bicyclic) bond motifs is 4. The number of benzene rings is 1. The minimum absolute atomic E-state index is 0.259. The van der Waals surface area contributed by atoms with Gasteiger partial charge in [-0.2, -0.15) is 0 Å². The average molecular weight is 152 g/mol. The fourth-order valence-corrected chi connectivity index (χ4v) is 1.30. The average Bonchev–Trinajstić information content (AvgIpc) is 2.24. The molecule has 0 aliphatic carbocycles. The molecule has 0 amide bonds. The van der Waals surface area contributed by atoms with E-state index in [-0.39, 0.29) is 5.97 Å². The van der Waals surface area contributed by atoms with E-state index in [9.17, 15) is 4.79 Å². The standard InChI is InChI=1S/C7H4O2S/c8-7-5-1-3-6(4-2-5)10-9-7/h1-4H. The van der Waals surface area contributed by atoms with Crippen molar-refractivity contribution in [2.45, 2.75) is 4.90 Å². The fourth-order valence-electron chi connectivity index (χ4n) is 0.781. The lowest BCUT2D eigenvalue weighted by Gasteiger charge is -1.91. The van der Waals surface area contributed by atoms with Gasteiger partial charge >= 0.3 is 5.97 Å². The summed E-state index contributed by atoms with van der Waals surface area (Å²) in [6.45, 7) is 0. The lowest BCUT2D eigenvalue weighted by Crippen LogP contribution is -1.94. The van der Waals surface area contributed by atoms with Crippen molar-refractivity contribution in [2.24, 2.45) is 0 Å². The highest BCUT2D eigenvalue weighted by Gasteiger charge is 2.12. The minimum Gasteiger partial charge on any atom is -0.382 e. The van der Waals surface area contributed by atoms with Crippen molar-refractivity contribution < 1.29 is 8.98 Å². The normalized spacial score (nSPS) is 14.6. The fraction of sp³-hybridized carbons (Fsp3) is 0. The van der Waals surface area contributed by atoms with Crippen LogP contribution >= 0.6 is 12.0 Å². The Morgan fingerprint density at radius 3 is 2.60 bits per heavy atom. The van der Waals surface area contributed by atoms with Crippen LogP contribution in [-0.2, 0) is 4.18 Å². The van der Waals surface area contributed by atoms with E-state index in [1.165, 1.54) is 0 Å². The third kappa shape index (κ3) is 0.789. The van der Waals surface area contributed by atoms with Gasteiger partial charge in [-0.1, -0.05) is 0 Å². The van der Waals surface area contributed by atoms with Gasteiger partial charge in [-0.15, -0.1) is 0 Å². The van der Waals surface area contributed by atoms with E-state index in [1.807, 2.05) is 12.1 Å². The highest BCUT2D eigenvalue weighted by atomic mass is 32.2. The summed E-state index contributed by atoms with van der Waals surface area (Å²) in [4.78, 5) is 11.8. The molecule has 2 aliphatic rings. The summed E-state index contributed by atoms with van der Waals surface area (Å²) in [6.07, 6.45) is 0. The van der Waals surface area contributed by atoms with Crippen molar-refractivity contribution >= 4 is 18.0 Å². The number of hydrogen-bond acceptors (Lipinski definition) is 3. The van der Waals surface area contributed by atoms with Gasteiger partial charge in [0.05, 0.1) is 17.6 Å². The summed E-state index contributed by atoms with van der Waals surface area (Å²) in [5.41, 5.74) is 0.619. The van der Waals surface area contributed by atoms with E-state index in [0.717, 1.165) is 16.9 Å². The van der Waals surface area contributed by atoms with Gasteiger partial charge in [0.15, 0.2) is 0 Å². The van der Waals surface area contributed by atoms with Crippen LogP contribution in [0.3, 0.4) is 0 Å². The van der Waals surface area contributed by atoms with Gasteiger partial charge in [0.2, 0.25) is 0 Å². The quantitative estimate of drug-likeness (QED) is 0.531. The number of hydrogen-bond donors (Lipinski definition) is 0. The van der Waals surface area contributed by atoms with Crippen LogP contribution in [0.5, 0.6) is 0 Å². The zero-order valence-corrected chi connectivity index (χ0v) is 5.85. The van der Waals surface area contributed by atoms with Crippen molar-refractivity contribution in [1.29, 1.82) is 0 Å². The summed E-state index contributed by atoms with van der Waals surface area (Å²) in [7, 11) is 0. The van der Waals surface area contributed by atoms with Crippen LogP contribution in [-0.4, -0.2) is 5.97 Å². The Labute approximate surface area is 62.4 Å². The Hall–Kier alpha value is -0.960. The van der Waals surface area contributed by atoms with Crippen molar-refractivity contribution in [3.8, 4) is 0 Å². The minimum atomic E-state index is -0.259. The van der Waals surface area contributed by atoms with Gasteiger partial charge in [0.25, 0.3) is 0 Å². The molecule has 50 valence electrons. The third-order valence-electron chi connectivity index (χ3n) is 1.30. The second-order valence-electron chi connectivity index (χ2n) is 1.98.